The second-order valence-electron chi connectivity index (χ2n) is 3.25. The first kappa shape index (κ1) is 15.2. The van der Waals surface area contributed by atoms with Crippen molar-refractivity contribution < 1.29 is 17.6 Å². The van der Waals surface area contributed by atoms with Gasteiger partial charge in [0.15, 0.2) is 0 Å². The summed E-state index contributed by atoms with van der Waals surface area (Å²) in [7, 11) is 0. The van der Waals surface area contributed by atoms with E-state index in [9.17, 15) is 17.6 Å². The van der Waals surface area contributed by atoms with E-state index in [1.54, 1.807) is 6.92 Å². The molecule has 0 spiro atoms. The first-order chi connectivity index (χ1) is 6.86. The molecule has 0 aliphatic rings. The molecule has 16 heavy (non-hydrogen) atoms. The molecule has 6 heteroatoms. The van der Waals surface area contributed by atoms with Crippen molar-refractivity contribution in [2.45, 2.75) is 25.6 Å². The number of nitrogens with two attached hydrogens (primary N) is 1. The van der Waals surface area contributed by atoms with E-state index in [1.807, 2.05) is 0 Å². The summed E-state index contributed by atoms with van der Waals surface area (Å²) < 4.78 is 49.8. The molecule has 0 radical (unpaired) electrons. The van der Waals surface area contributed by atoms with Crippen LogP contribution in [0.3, 0.4) is 0 Å². The fourth-order valence-electron chi connectivity index (χ4n) is 1.22. The first-order valence-corrected chi connectivity index (χ1v) is 4.48. The molecule has 1 rings (SSSR count). The summed E-state index contributed by atoms with van der Waals surface area (Å²) in [5.74, 6) is -0.904. The smallest absolute Gasteiger partial charge is 0.324 e. The Morgan fingerprint density at radius 3 is 2.25 bits per heavy atom. The molecule has 0 saturated carbocycles. The zero-order valence-electron chi connectivity index (χ0n) is 8.51. The highest BCUT2D eigenvalue weighted by atomic mass is 35.5. The van der Waals surface area contributed by atoms with Crippen LogP contribution in [0, 0.1) is 5.82 Å². The molecule has 1 nitrogen and oxygen atoms in total. The van der Waals surface area contributed by atoms with Crippen molar-refractivity contribution in [1.82, 2.24) is 0 Å². The van der Waals surface area contributed by atoms with E-state index in [2.05, 4.69) is 0 Å². The molecule has 0 fully saturated rings. The predicted octanol–water partition coefficient (Wildman–Crippen LogP) is 3.68. The van der Waals surface area contributed by atoms with Crippen molar-refractivity contribution in [1.29, 1.82) is 0 Å². The average Bonchev–Trinajstić information content (AvgIpc) is 2.15. The van der Waals surface area contributed by atoms with Crippen LogP contribution in [0.4, 0.5) is 17.6 Å². The zero-order chi connectivity index (χ0) is 11.6. The van der Waals surface area contributed by atoms with Gasteiger partial charge in [0, 0.05) is 11.6 Å². The number of rotatable bonds is 2. The Balaban J connectivity index is 0.00000225. The van der Waals surface area contributed by atoms with Gasteiger partial charge in [0.2, 0.25) is 0 Å². The van der Waals surface area contributed by atoms with Gasteiger partial charge in [-0.25, -0.2) is 4.39 Å². The topological polar surface area (TPSA) is 26.0 Å². The van der Waals surface area contributed by atoms with Gasteiger partial charge in [-0.05, 0) is 18.6 Å². The van der Waals surface area contributed by atoms with E-state index in [-0.39, 0.29) is 18.0 Å². The van der Waals surface area contributed by atoms with Crippen LogP contribution in [0.25, 0.3) is 0 Å². The molecule has 2 N–H and O–H groups in total. The lowest BCUT2D eigenvalue weighted by atomic mass is 10.0. The largest absolute Gasteiger partial charge is 0.416 e. The Kier molecular flexibility index (Phi) is 5.22. The van der Waals surface area contributed by atoms with Crippen molar-refractivity contribution in [2.75, 3.05) is 0 Å². The van der Waals surface area contributed by atoms with Crippen molar-refractivity contribution in [3.05, 3.63) is 35.1 Å². The van der Waals surface area contributed by atoms with Crippen molar-refractivity contribution >= 4 is 12.4 Å². The van der Waals surface area contributed by atoms with Gasteiger partial charge in [-0.1, -0.05) is 13.0 Å². The van der Waals surface area contributed by atoms with Crippen LogP contribution in [-0.4, -0.2) is 0 Å². The van der Waals surface area contributed by atoms with Crippen LogP contribution >= 0.6 is 12.4 Å². The van der Waals surface area contributed by atoms with Crippen LogP contribution in [0.5, 0.6) is 0 Å². The zero-order valence-corrected chi connectivity index (χ0v) is 9.33. The summed E-state index contributed by atoms with van der Waals surface area (Å²) in [6, 6.07) is 1.85. The molecule has 0 unspecified atom stereocenters. The Labute approximate surface area is 97.0 Å². The first-order valence-electron chi connectivity index (χ1n) is 4.48. The molecule has 0 aliphatic heterocycles. The van der Waals surface area contributed by atoms with Crippen LogP contribution < -0.4 is 5.73 Å². The fourth-order valence-corrected chi connectivity index (χ4v) is 1.22. The molecule has 1 aromatic carbocycles. The fraction of sp³-hybridized carbons (Fsp3) is 0.400. The summed E-state index contributed by atoms with van der Waals surface area (Å²) in [6.07, 6.45) is -4.04. The maximum atomic E-state index is 13.2. The molecule has 92 valence electrons. The van der Waals surface area contributed by atoms with Crippen molar-refractivity contribution in [3.8, 4) is 0 Å². The van der Waals surface area contributed by atoms with E-state index >= 15 is 0 Å². The van der Waals surface area contributed by atoms with Gasteiger partial charge >= 0.3 is 6.18 Å². The van der Waals surface area contributed by atoms with Gasteiger partial charge in [-0.15, -0.1) is 12.4 Å². The Bertz CT molecular complexity index is 351. The predicted molar refractivity (Wildman–Crippen MR) is 55.9 cm³/mol. The van der Waals surface area contributed by atoms with Gasteiger partial charge in [0.1, 0.15) is 5.82 Å². The molecule has 0 amide bonds. The quantitative estimate of drug-likeness (QED) is 0.804. The molecule has 0 heterocycles. The van der Waals surface area contributed by atoms with Gasteiger partial charge in [-0.3, -0.25) is 0 Å². The van der Waals surface area contributed by atoms with E-state index in [0.717, 1.165) is 12.1 Å². The third-order valence-electron chi connectivity index (χ3n) is 2.17. The highest BCUT2D eigenvalue weighted by molar-refractivity contribution is 5.85. The number of hydrogen-bond acceptors (Lipinski definition) is 1. The summed E-state index contributed by atoms with van der Waals surface area (Å²) in [5, 5.41) is 0. The summed E-state index contributed by atoms with van der Waals surface area (Å²) in [4.78, 5) is 0. The standard InChI is InChI=1S/C10H11F4N.ClH/c1-2-9(15)7-4-3-6(5-8(7)11)10(12,13)14;/h3-5,9H,2,15H2,1H3;1H/t9-;/m1./s1. The Morgan fingerprint density at radius 2 is 1.88 bits per heavy atom. The highest BCUT2D eigenvalue weighted by Gasteiger charge is 2.31. The summed E-state index contributed by atoms with van der Waals surface area (Å²) in [5.41, 5.74) is 4.66. The van der Waals surface area contributed by atoms with Crippen LogP contribution in [0.1, 0.15) is 30.5 Å². The van der Waals surface area contributed by atoms with Crippen LogP contribution in [0.15, 0.2) is 18.2 Å². The SMILES string of the molecule is CC[C@@H](N)c1ccc(C(F)(F)F)cc1F.Cl. The molecule has 0 aromatic heterocycles. The van der Waals surface area contributed by atoms with Crippen LogP contribution in [-0.2, 0) is 6.18 Å². The normalized spacial score (nSPS) is 13.1. The number of hydrogen-bond donors (Lipinski definition) is 1. The highest BCUT2D eigenvalue weighted by Crippen LogP contribution is 2.31. The maximum Gasteiger partial charge on any atom is 0.416 e. The van der Waals surface area contributed by atoms with Crippen molar-refractivity contribution in [3.63, 3.8) is 0 Å². The molecule has 1 atom stereocenters. The molecule has 0 aliphatic carbocycles. The monoisotopic (exact) mass is 257 g/mol. The molecular weight excluding hydrogens is 246 g/mol. The lowest BCUT2D eigenvalue weighted by molar-refractivity contribution is -0.137. The maximum absolute atomic E-state index is 13.2. The van der Waals surface area contributed by atoms with Gasteiger partial charge in [-0.2, -0.15) is 13.2 Å². The van der Waals surface area contributed by atoms with E-state index in [1.165, 1.54) is 0 Å². The second kappa shape index (κ2) is 5.50. The van der Waals surface area contributed by atoms with Crippen LogP contribution in [0.2, 0.25) is 0 Å². The van der Waals surface area contributed by atoms with E-state index in [4.69, 9.17) is 5.73 Å². The minimum Gasteiger partial charge on any atom is -0.324 e. The molecule has 0 saturated heterocycles. The van der Waals surface area contributed by atoms with E-state index < -0.39 is 23.6 Å². The Morgan fingerprint density at radius 1 is 1.31 bits per heavy atom. The van der Waals surface area contributed by atoms with Gasteiger partial charge in [0.25, 0.3) is 0 Å². The summed E-state index contributed by atoms with van der Waals surface area (Å²) >= 11 is 0. The lowest BCUT2D eigenvalue weighted by Crippen LogP contribution is -2.12. The van der Waals surface area contributed by atoms with Gasteiger partial charge in [0.05, 0.1) is 5.56 Å². The second-order valence-corrected chi connectivity index (χ2v) is 3.25. The molecule has 1 aromatic rings. The molecular formula is C10H12ClF4N. The number of benzene rings is 1. The Hall–Kier alpha value is -0.810. The van der Waals surface area contributed by atoms with Gasteiger partial charge < -0.3 is 5.73 Å². The van der Waals surface area contributed by atoms with Crippen molar-refractivity contribution in [2.24, 2.45) is 5.73 Å². The third kappa shape index (κ3) is 3.35. The lowest BCUT2D eigenvalue weighted by Gasteiger charge is -2.12. The minimum absolute atomic E-state index is 0. The van der Waals surface area contributed by atoms with E-state index in [0.29, 0.717) is 12.5 Å². The average molecular weight is 258 g/mol. The molecule has 0 bridgehead atoms. The third-order valence-corrected chi connectivity index (χ3v) is 2.17. The number of alkyl halides is 3. The number of halogens is 5. The minimum atomic E-state index is -4.52. The summed E-state index contributed by atoms with van der Waals surface area (Å²) in [6.45, 7) is 1.74.